The van der Waals surface area contributed by atoms with Gasteiger partial charge in [0.25, 0.3) is 0 Å². The minimum atomic E-state index is -0.461. The molecular formula is C30H24NP. The number of nitrogens with zero attached hydrogens (tertiary/aromatic N) is 1. The molecule has 5 aromatic rings. The van der Waals surface area contributed by atoms with Gasteiger partial charge < -0.3 is 0 Å². The average molecular weight is 430 g/mol. The Morgan fingerprint density at radius 3 is 1.75 bits per heavy atom. The van der Waals surface area contributed by atoms with Crippen LogP contribution in [0.5, 0.6) is 0 Å². The second-order valence-corrected chi connectivity index (χ2v) is 9.96. The zero-order valence-corrected chi connectivity index (χ0v) is 18.7. The number of benzene rings is 4. The summed E-state index contributed by atoms with van der Waals surface area (Å²) in [5, 5.41) is 2.83. The van der Waals surface area contributed by atoms with Gasteiger partial charge in [-0.1, -0.05) is 109 Å². The van der Waals surface area contributed by atoms with E-state index in [0.29, 0.717) is 0 Å². The molecular weight excluding hydrogens is 405 g/mol. The van der Waals surface area contributed by atoms with Crippen LogP contribution >= 0.6 is 7.92 Å². The van der Waals surface area contributed by atoms with Gasteiger partial charge in [0.05, 0.1) is 5.69 Å². The lowest BCUT2D eigenvalue weighted by molar-refractivity contribution is 1.33. The number of pyridine rings is 1. The summed E-state index contributed by atoms with van der Waals surface area (Å²) in [6, 6.07) is 45.5. The maximum atomic E-state index is 4.51. The Morgan fingerprint density at radius 1 is 0.500 bits per heavy atom. The largest absolute Gasteiger partial charge is 0.256 e. The summed E-state index contributed by atoms with van der Waals surface area (Å²) in [5.41, 5.74) is 5.98. The standard InChI is InChI=1S/C30H24NP/c1-3-15-28(16-4-1)32(29-17-5-2-6-18-29)23-24-11-9-12-25(21-24)26-13-10-14-27(22-26)30-19-7-8-20-31-30/h1-22H,23H2. The first-order valence-electron chi connectivity index (χ1n) is 10.9. The lowest BCUT2D eigenvalue weighted by Crippen LogP contribution is -2.12. The van der Waals surface area contributed by atoms with Crippen molar-refractivity contribution in [1.82, 2.24) is 4.98 Å². The molecule has 0 saturated carbocycles. The summed E-state index contributed by atoms with van der Waals surface area (Å²) < 4.78 is 0. The first kappa shape index (κ1) is 20.4. The zero-order chi connectivity index (χ0) is 21.6. The van der Waals surface area contributed by atoms with E-state index in [2.05, 4.69) is 120 Å². The van der Waals surface area contributed by atoms with Crippen molar-refractivity contribution in [3.05, 3.63) is 139 Å². The minimum absolute atomic E-state index is 0.461. The molecule has 1 heterocycles. The van der Waals surface area contributed by atoms with Gasteiger partial charge in [-0.2, -0.15) is 0 Å². The highest BCUT2D eigenvalue weighted by molar-refractivity contribution is 7.72. The van der Waals surface area contributed by atoms with Crippen LogP contribution in [0, 0.1) is 0 Å². The highest BCUT2D eigenvalue weighted by Crippen LogP contribution is 2.38. The van der Waals surface area contributed by atoms with Crippen molar-refractivity contribution in [3.63, 3.8) is 0 Å². The van der Waals surface area contributed by atoms with Crippen molar-refractivity contribution >= 4 is 18.5 Å². The molecule has 32 heavy (non-hydrogen) atoms. The maximum Gasteiger partial charge on any atom is 0.0702 e. The van der Waals surface area contributed by atoms with Crippen LogP contribution in [-0.2, 0) is 6.16 Å². The Hall–Kier alpha value is -3.54. The third kappa shape index (κ3) is 4.69. The van der Waals surface area contributed by atoms with E-state index >= 15 is 0 Å². The van der Waals surface area contributed by atoms with Crippen molar-refractivity contribution in [2.75, 3.05) is 0 Å². The summed E-state index contributed by atoms with van der Waals surface area (Å²) in [4.78, 5) is 4.51. The van der Waals surface area contributed by atoms with Crippen LogP contribution in [0.25, 0.3) is 22.4 Å². The van der Waals surface area contributed by atoms with Crippen LogP contribution < -0.4 is 10.6 Å². The van der Waals surface area contributed by atoms with Crippen LogP contribution in [-0.4, -0.2) is 4.98 Å². The van der Waals surface area contributed by atoms with Gasteiger partial charge in [-0.25, -0.2) is 0 Å². The zero-order valence-electron chi connectivity index (χ0n) is 17.8. The summed E-state index contributed by atoms with van der Waals surface area (Å²) in [7, 11) is -0.461. The molecule has 0 unspecified atom stereocenters. The maximum absolute atomic E-state index is 4.51. The molecule has 4 aromatic carbocycles. The topological polar surface area (TPSA) is 12.9 Å². The molecule has 0 aliphatic rings. The van der Waals surface area contributed by atoms with Gasteiger partial charge in [0.15, 0.2) is 0 Å². The Balaban J connectivity index is 1.47. The molecule has 0 atom stereocenters. The molecule has 1 nitrogen and oxygen atoms in total. The van der Waals surface area contributed by atoms with E-state index in [4.69, 9.17) is 0 Å². The van der Waals surface area contributed by atoms with Crippen molar-refractivity contribution in [2.24, 2.45) is 0 Å². The molecule has 0 spiro atoms. The fraction of sp³-hybridized carbons (Fsp3) is 0.0333. The van der Waals surface area contributed by atoms with Crippen molar-refractivity contribution in [1.29, 1.82) is 0 Å². The Kier molecular flexibility index (Phi) is 6.19. The molecule has 5 rings (SSSR count). The van der Waals surface area contributed by atoms with Crippen LogP contribution in [0.4, 0.5) is 0 Å². The Bertz CT molecular complexity index is 1240. The van der Waals surface area contributed by atoms with Gasteiger partial charge in [-0.05, 0) is 53.4 Å². The third-order valence-electron chi connectivity index (χ3n) is 5.56. The summed E-state index contributed by atoms with van der Waals surface area (Å²) in [5.74, 6) is 0. The van der Waals surface area contributed by atoms with Gasteiger partial charge in [0.2, 0.25) is 0 Å². The molecule has 0 saturated heterocycles. The highest BCUT2D eigenvalue weighted by Gasteiger charge is 2.14. The van der Waals surface area contributed by atoms with Crippen LogP contribution in [0.3, 0.4) is 0 Å². The molecule has 0 amide bonds. The molecule has 0 bridgehead atoms. The van der Waals surface area contributed by atoms with Crippen LogP contribution in [0.15, 0.2) is 134 Å². The van der Waals surface area contributed by atoms with E-state index in [9.17, 15) is 0 Å². The summed E-state index contributed by atoms with van der Waals surface area (Å²) >= 11 is 0. The number of aromatic nitrogens is 1. The van der Waals surface area contributed by atoms with Crippen LogP contribution in [0.1, 0.15) is 5.56 Å². The van der Waals surface area contributed by atoms with Gasteiger partial charge in [0, 0.05) is 17.9 Å². The van der Waals surface area contributed by atoms with Gasteiger partial charge >= 0.3 is 0 Å². The lowest BCUT2D eigenvalue weighted by atomic mass is 10.0. The van der Waals surface area contributed by atoms with E-state index in [1.807, 2.05) is 18.3 Å². The predicted octanol–water partition coefficient (Wildman–Crippen LogP) is 7.05. The van der Waals surface area contributed by atoms with E-state index < -0.39 is 7.92 Å². The van der Waals surface area contributed by atoms with E-state index in [1.165, 1.54) is 27.3 Å². The predicted molar refractivity (Wildman–Crippen MR) is 138 cm³/mol. The first-order chi connectivity index (χ1) is 15.9. The monoisotopic (exact) mass is 429 g/mol. The normalized spacial score (nSPS) is 10.9. The van der Waals surface area contributed by atoms with Crippen molar-refractivity contribution in [3.8, 4) is 22.4 Å². The Labute approximate surface area is 191 Å². The average Bonchev–Trinajstić information content (AvgIpc) is 2.89. The number of hydrogen-bond acceptors (Lipinski definition) is 1. The van der Waals surface area contributed by atoms with Crippen LogP contribution in [0.2, 0.25) is 0 Å². The van der Waals surface area contributed by atoms with Crippen molar-refractivity contribution < 1.29 is 0 Å². The molecule has 154 valence electrons. The van der Waals surface area contributed by atoms with Gasteiger partial charge in [-0.3, -0.25) is 4.98 Å². The Morgan fingerprint density at radius 2 is 1.09 bits per heavy atom. The van der Waals surface area contributed by atoms with Gasteiger partial charge in [-0.15, -0.1) is 0 Å². The molecule has 2 heteroatoms. The van der Waals surface area contributed by atoms with E-state index in [1.54, 1.807) is 0 Å². The minimum Gasteiger partial charge on any atom is -0.256 e. The molecule has 0 radical (unpaired) electrons. The molecule has 0 aliphatic carbocycles. The quantitative estimate of drug-likeness (QED) is 0.264. The first-order valence-corrected chi connectivity index (χ1v) is 12.4. The third-order valence-corrected chi connectivity index (χ3v) is 8.08. The fourth-order valence-electron chi connectivity index (χ4n) is 3.97. The summed E-state index contributed by atoms with van der Waals surface area (Å²) in [6.07, 6.45) is 2.87. The molecule has 1 aromatic heterocycles. The van der Waals surface area contributed by atoms with Crippen molar-refractivity contribution in [2.45, 2.75) is 6.16 Å². The number of rotatable bonds is 6. The second-order valence-electron chi connectivity index (χ2n) is 7.75. The highest BCUT2D eigenvalue weighted by atomic mass is 31.1. The summed E-state index contributed by atoms with van der Waals surface area (Å²) in [6.45, 7) is 0. The van der Waals surface area contributed by atoms with Gasteiger partial charge in [0.1, 0.15) is 0 Å². The lowest BCUT2D eigenvalue weighted by Gasteiger charge is -2.19. The molecule has 0 fully saturated rings. The van der Waals surface area contributed by atoms with E-state index in [0.717, 1.165) is 17.4 Å². The SMILES string of the molecule is c1ccc(P(Cc2cccc(-c3cccc(-c4ccccn4)c3)c2)c2ccccc2)cc1. The smallest absolute Gasteiger partial charge is 0.0702 e. The fourth-order valence-corrected chi connectivity index (χ4v) is 6.26. The molecule has 0 N–H and O–H groups in total. The second kappa shape index (κ2) is 9.73. The van der Waals surface area contributed by atoms with E-state index in [-0.39, 0.29) is 0 Å². The molecule has 0 aliphatic heterocycles. The number of hydrogen-bond donors (Lipinski definition) is 0.